The largest absolute Gasteiger partial charge is 0.396 e. The van der Waals surface area contributed by atoms with Crippen LogP contribution in [-0.2, 0) is 6.42 Å². The van der Waals surface area contributed by atoms with Gasteiger partial charge < -0.3 is 5.11 Å². The van der Waals surface area contributed by atoms with Crippen molar-refractivity contribution in [3.63, 3.8) is 0 Å². The molecule has 1 aromatic rings. The molecule has 0 saturated heterocycles. The van der Waals surface area contributed by atoms with E-state index in [2.05, 4.69) is 13.0 Å². The fraction of sp³-hybridized carbons (Fsp3) is 0.538. The summed E-state index contributed by atoms with van der Waals surface area (Å²) >= 11 is 7.86. The molecule has 0 bridgehead atoms. The monoisotopic (exact) mass is 258 g/mol. The van der Waals surface area contributed by atoms with Crippen LogP contribution < -0.4 is 0 Å². The number of aliphatic hydroxyl groups is 1. The van der Waals surface area contributed by atoms with Crippen molar-refractivity contribution < 1.29 is 5.11 Å². The first-order valence-corrected chi connectivity index (χ1v) is 7.22. The highest BCUT2D eigenvalue weighted by Gasteiger charge is 2.08. The third-order valence-corrected chi connectivity index (χ3v) is 3.71. The van der Waals surface area contributed by atoms with Crippen LogP contribution in [0.15, 0.2) is 24.3 Å². The predicted octanol–water partition coefficient (Wildman–Crippen LogP) is 3.63. The summed E-state index contributed by atoms with van der Waals surface area (Å²) in [6.45, 7) is 2.42. The van der Waals surface area contributed by atoms with Crippen LogP contribution in [-0.4, -0.2) is 23.2 Å². The number of hydrogen-bond donors (Lipinski definition) is 1. The molecule has 0 aromatic heterocycles. The molecule has 1 atom stereocenters. The van der Waals surface area contributed by atoms with Gasteiger partial charge in [-0.05, 0) is 48.0 Å². The van der Waals surface area contributed by atoms with Gasteiger partial charge in [0.05, 0.1) is 0 Å². The molecule has 0 spiro atoms. The Bertz CT molecular complexity index is 304. The van der Waals surface area contributed by atoms with Crippen molar-refractivity contribution in [3.05, 3.63) is 34.9 Å². The van der Waals surface area contributed by atoms with Crippen molar-refractivity contribution in [2.24, 2.45) is 5.92 Å². The van der Waals surface area contributed by atoms with Gasteiger partial charge in [-0.15, -0.1) is 0 Å². The van der Waals surface area contributed by atoms with Crippen LogP contribution in [0.4, 0.5) is 0 Å². The van der Waals surface area contributed by atoms with Gasteiger partial charge in [-0.25, -0.2) is 0 Å². The number of rotatable bonds is 7. The summed E-state index contributed by atoms with van der Waals surface area (Å²) in [4.78, 5) is 0. The SMILES string of the molecule is CCSCCC(CO)Cc1cccc(Cl)c1. The van der Waals surface area contributed by atoms with Crippen LogP contribution in [0.2, 0.25) is 5.02 Å². The Morgan fingerprint density at radius 3 is 2.88 bits per heavy atom. The van der Waals surface area contributed by atoms with Crippen molar-refractivity contribution in [2.75, 3.05) is 18.1 Å². The molecule has 0 saturated carbocycles. The molecule has 0 heterocycles. The topological polar surface area (TPSA) is 20.2 Å². The van der Waals surface area contributed by atoms with Crippen molar-refractivity contribution in [3.8, 4) is 0 Å². The maximum Gasteiger partial charge on any atom is 0.0462 e. The third-order valence-electron chi connectivity index (χ3n) is 2.55. The average molecular weight is 259 g/mol. The van der Waals surface area contributed by atoms with E-state index in [1.54, 1.807) is 0 Å². The zero-order chi connectivity index (χ0) is 11.8. The molecular formula is C13H19ClOS. The smallest absolute Gasteiger partial charge is 0.0462 e. The van der Waals surface area contributed by atoms with Gasteiger partial charge in [-0.2, -0.15) is 11.8 Å². The molecule has 0 fully saturated rings. The van der Waals surface area contributed by atoms with E-state index in [0.717, 1.165) is 29.4 Å². The van der Waals surface area contributed by atoms with E-state index in [9.17, 15) is 5.11 Å². The van der Waals surface area contributed by atoms with Gasteiger partial charge in [0.15, 0.2) is 0 Å². The summed E-state index contributed by atoms with van der Waals surface area (Å²) in [7, 11) is 0. The summed E-state index contributed by atoms with van der Waals surface area (Å²) in [5, 5.41) is 10.1. The molecule has 1 aromatic carbocycles. The zero-order valence-electron chi connectivity index (χ0n) is 9.66. The van der Waals surface area contributed by atoms with Gasteiger partial charge in [0.2, 0.25) is 0 Å². The highest BCUT2D eigenvalue weighted by Crippen LogP contribution is 2.18. The summed E-state index contributed by atoms with van der Waals surface area (Å²) in [5.41, 5.74) is 1.22. The lowest BCUT2D eigenvalue weighted by atomic mass is 9.98. The lowest BCUT2D eigenvalue weighted by Crippen LogP contribution is -2.10. The number of hydrogen-bond acceptors (Lipinski definition) is 2. The van der Waals surface area contributed by atoms with Gasteiger partial charge in [0, 0.05) is 11.6 Å². The van der Waals surface area contributed by atoms with Crippen molar-refractivity contribution in [1.29, 1.82) is 0 Å². The molecule has 16 heavy (non-hydrogen) atoms. The van der Waals surface area contributed by atoms with Crippen LogP contribution in [0.3, 0.4) is 0 Å². The summed E-state index contributed by atoms with van der Waals surface area (Å²) in [5.74, 6) is 2.63. The Hall–Kier alpha value is -0.180. The summed E-state index contributed by atoms with van der Waals surface area (Å²) in [6.07, 6.45) is 1.99. The van der Waals surface area contributed by atoms with E-state index in [-0.39, 0.29) is 6.61 Å². The summed E-state index contributed by atoms with van der Waals surface area (Å²) in [6, 6.07) is 7.90. The van der Waals surface area contributed by atoms with E-state index in [1.165, 1.54) is 5.56 Å². The molecule has 0 aliphatic carbocycles. The number of benzene rings is 1. The van der Waals surface area contributed by atoms with E-state index in [1.807, 2.05) is 30.0 Å². The first kappa shape index (κ1) is 13.9. The molecule has 0 radical (unpaired) electrons. The first-order valence-electron chi connectivity index (χ1n) is 5.69. The van der Waals surface area contributed by atoms with E-state index in [0.29, 0.717) is 5.92 Å². The van der Waals surface area contributed by atoms with Gasteiger partial charge >= 0.3 is 0 Å². The highest BCUT2D eigenvalue weighted by molar-refractivity contribution is 7.99. The van der Waals surface area contributed by atoms with E-state index >= 15 is 0 Å². The molecule has 90 valence electrons. The van der Waals surface area contributed by atoms with E-state index < -0.39 is 0 Å². The minimum absolute atomic E-state index is 0.261. The molecule has 0 aliphatic rings. The minimum Gasteiger partial charge on any atom is -0.396 e. The van der Waals surface area contributed by atoms with Crippen LogP contribution in [0.25, 0.3) is 0 Å². The fourth-order valence-corrected chi connectivity index (χ4v) is 2.65. The Morgan fingerprint density at radius 2 is 2.25 bits per heavy atom. The Labute approximate surface area is 107 Å². The average Bonchev–Trinajstić information content (AvgIpc) is 2.28. The normalized spacial score (nSPS) is 12.7. The second kappa shape index (κ2) is 7.99. The molecular weight excluding hydrogens is 240 g/mol. The maximum absolute atomic E-state index is 9.31. The third kappa shape index (κ3) is 5.24. The molecule has 0 amide bonds. The Balaban J connectivity index is 2.43. The lowest BCUT2D eigenvalue weighted by molar-refractivity contribution is 0.223. The van der Waals surface area contributed by atoms with Crippen LogP contribution in [0.1, 0.15) is 18.9 Å². The zero-order valence-corrected chi connectivity index (χ0v) is 11.2. The first-order chi connectivity index (χ1) is 7.76. The quantitative estimate of drug-likeness (QED) is 0.754. The lowest BCUT2D eigenvalue weighted by Gasteiger charge is -2.13. The van der Waals surface area contributed by atoms with Gasteiger partial charge in [-0.1, -0.05) is 30.7 Å². The van der Waals surface area contributed by atoms with Crippen LogP contribution >= 0.6 is 23.4 Å². The number of aliphatic hydroxyl groups excluding tert-OH is 1. The Kier molecular flexibility index (Phi) is 6.93. The van der Waals surface area contributed by atoms with Crippen molar-refractivity contribution in [1.82, 2.24) is 0 Å². The van der Waals surface area contributed by atoms with Gasteiger partial charge in [0.25, 0.3) is 0 Å². The molecule has 1 nitrogen and oxygen atoms in total. The number of thioether (sulfide) groups is 1. The molecule has 1 rings (SSSR count). The fourth-order valence-electron chi connectivity index (χ4n) is 1.65. The van der Waals surface area contributed by atoms with Crippen LogP contribution in [0.5, 0.6) is 0 Å². The van der Waals surface area contributed by atoms with Gasteiger partial charge in [-0.3, -0.25) is 0 Å². The Morgan fingerprint density at radius 1 is 1.44 bits per heavy atom. The standard InChI is InChI=1S/C13H19ClOS/c1-2-16-7-6-12(10-15)8-11-4-3-5-13(14)9-11/h3-5,9,12,15H,2,6-8,10H2,1H3. The summed E-state index contributed by atoms with van der Waals surface area (Å²) < 4.78 is 0. The van der Waals surface area contributed by atoms with E-state index in [4.69, 9.17) is 11.6 Å². The predicted molar refractivity (Wildman–Crippen MR) is 73.3 cm³/mol. The number of halogens is 1. The van der Waals surface area contributed by atoms with Crippen molar-refractivity contribution in [2.45, 2.75) is 19.8 Å². The molecule has 3 heteroatoms. The maximum atomic E-state index is 9.31. The molecule has 1 unspecified atom stereocenters. The van der Waals surface area contributed by atoms with Gasteiger partial charge in [0.1, 0.15) is 0 Å². The second-order valence-corrected chi connectivity index (χ2v) is 5.70. The van der Waals surface area contributed by atoms with Crippen molar-refractivity contribution >= 4 is 23.4 Å². The highest BCUT2D eigenvalue weighted by atomic mass is 35.5. The van der Waals surface area contributed by atoms with Crippen LogP contribution in [0, 0.1) is 5.92 Å². The molecule has 1 N–H and O–H groups in total. The second-order valence-electron chi connectivity index (χ2n) is 3.87. The minimum atomic E-state index is 0.261. The molecule has 0 aliphatic heterocycles.